The molecule has 18 heavy (non-hydrogen) atoms. The summed E-state index contributed by atoms with van der Waals surface area (Å²) < 4.78 is 0. The Hall–Kier alpha value is -1.32. The van der Waals surface area contributed by atoms with Crippen molar-refractivity contribution in [3.05, 3.63) is 42.0 Å². The summed E-state index contributed by atoms with van der Waals surface area (Å²) in [6, 6.07) is 9.92. The Bertz CT molecular complexity index is 411. The monoisotopic (exact) mass is 267 g/mol. The number of rotatable bonds is 4. The summed E-state index contributed by atoms with van der Waals surface area (Å²) in [4.78, 5) is 11.3. The highest BCUT2D eigenvalue weighted by Gasteiger charge is 2.39. The highest BCUT2D eigenvalue weighted by molar-refractivity contribution is 5.85. The second kappa shape index (κ2) is 6.57. The van der Waals surface area contributed by atoms with Crippen LogP contribution >= 0.6 is 12.4 Å². The van der Waals surface area contributed by atoms with Crippen molar-refractivity contribution in [3.63, 3.8) is 0 Å². The van der Waals surface area contributed by atoms with Crippen LogP contribution in [-0.2, 0) is 4.79 Å². The van der Waals surface area contributed by atoms with Gasteiger partial charge in [0.05, 0.1) is 0 Å². The Morgan fingerprint density at radius 2 is 2.11 bits per heavy atom. The summed E-state index contributed by atoms with van der Waals surface area (Å²) in [5.74, 6) is -0.743. The molecule has 1 heterocycles. The molecular formula is C14H18ClNO2. The van der Waals surface area contributed by atoms with Crippen LogP contribution in [0.4, 0.5) is 0 Å². The fourth-order valence-electron chi connectivity index (χ4n) is 2.21. The molecule has 0 radical (unpaired) electrons. The third-order valence-corrected chi connectivity index (χ3v) is 3.23. The quantitative estimate of drug-likeness (QED) is 0.882. The lowest BCUT2D eigenvalue weighted by molar-refractivity contribution is -0.144. The second-order valence-corrected chi connectivity index (χ2v) is 4.43. The second-order valence-electron chi connectivity index (χ2n) is 4.43. The molecule has 1 aromatic rings. The minimum Gasteiger partial charge on any atom is -0.480 e. The molecule has 4 heteroatoms. The molecule has 1 saturated heterocycles. The molecule has 1 unspecified atom stereocenters. The van der Waals surface area contributed by atoms with E-state index in [1.165, 1.54) is 0 Å². The molecule has 0 bridgehead atoms. The van der Waals surface area contributed by atoms with Crippen molar-refractivity contribution in [2.24, 2.45) is 0 Å². The summed E-state index contributed by atoms with van der Waals surface area (Å²) in [5, 5.41) is 12.4. The maximum absolute atomic E-state index is 11.3. The number of benzene rings is 1. The highest BCUT2D eigenvalue weighted by atomic mass is 35.5. The lowest BCUT2D eigenvalue weighted by Crippen LogP contribution is -2.47. The molecule has 2 N–H and O–H groups in total. The zero-order chi connectivity index (χ0) is 12.1. The van der Waals surface area contributed by atoms with E-state index in [0.717, 1.165) is 18.5 Å². The van der Waals surface area contributed by atoms with Gasteiger partial charge in [0.2, 0.25) is 0 Å². The minimum atomic E-state index is -0.745. The number of nitrogens with one attached hydrogen (secondary N) is 1. The van der Waals surface area contributed by atoms with Crippen molar-refractivity contribution in [2.45, 2.75) is 24.8 Å². The SMILES string of the molecule is Cl.O=C(O)C1(C/C=C/c2ccccc2)CCCN1. The van der Waals surface area contributed by atoms with E-state index in [1.54, 1.807) is 0 Å². The number of hydrogen-bond donors (Lipinski definition) is 2. The Balaban J connectivity index is 0.00000162. The molecule has 2 rings (SSSR count). The first-order chi connectivity index (χ1) is 8.23. The third kappa shape index (κ3) is 3.34. The lowest BCUT2D eigenvalue weighted by atomic mass is 9.93. The summed E-state index contributed by atoms with van der Waals surface area (Å²) >= 11 is 0. The van der Waals surface area contributed by atoms with Crippen molar-refractivity contribution in [2.75, 3.05) is 6.54 Å². The number of halogens is 1. The predicted octanol–water partition coefficient (Wildman–Crippen LogP) is 2.72. The molecule has 0 spiro atoms. The first-order valence-electron chi connectivity index (χ1n) is 5.93. The van der Waals surface area contributed by atoms with Crippen LogP contribution in [0.25, 0.3) is 6.08 Å². The number of carbonyl (C=O) groups is 1. The van der Waals surface area contributed by atoms with Gasteiger partial charge in [0, 0.05) is 0 Å². The molecule has 1 atom stereocenters. The third-order valence-electron chi connectivity index (χ3n) is 3.23. The zero-order valence-corrected chi connectivity index (χ0v) is 11.0. The molecule has 0 aromatic heterocycles. The normalized spacial score (nSPS) is 22.9. The summed E-state index contributed by atoms with van der Waals surface area (Å²) in [5.41, 5.74) is 0.358. The van der Waals surface area contributed by atoms with Crippen LogP contribution in [0.15, 0.2) is 36.4 Å². The molecule has 3 nitrogen and oxygen atoms in total. The van der Waals surface area contributed by atoms with Crippen LogP contribution in [0, 0.1) is 0 Å². The van der Waals surface area contributed by atoms with Gasteiger partial charge in [-0.1, -0.05) is 42.5 Å². The van der Waals surface area contributed by atoms with E-state index >= 15 is 0 Å². The molecular weight excluding hydrogens is 250 g/mol. The van der Waals surface area contributed by atoms with Gasteiger partial charge in [0.1, 0.15) is 5.54 Å². The van der Waals surface area contributed by atoms with E-state index in [1.807, 2.05) is 42.5 Å². The number of aliphatic carboxylic acids is 1. The maximum atomic E-state index is 11.3. The summed E-state index contributed by atoms with van der Waals surface area (Å²) in [6.07, 6.45) is 6.11. The predicted molar refractivity (Wildman–Crippen MR) is 74.9 cm³/mol. The average molecular weight is 268 g/mol. The lowest BCUT2D eigenvalue weighted by Gasteiger charge is -2.22. The Morgan fingerprint density at radius 3 is 2.67 bits per heavy atom. The van der Waals surface area contributed by atoms with Crippen LogP contribution in [0.2, 0.25) is 0 Å². The van der Waals surface area contributed by atoms with Crippen molar-refractivity contribution in [1.29, 1.82) is 0 Å². The standard InChI is InChI=1S/C14H17NO2.ClH/c16-13(17)14(10-5-11-15-14)9-4-8-12-6-2-1-3-7-12;/h1-4,6-8,15H,5,9-11H2,(H,16,17);1H/b8-4+;. The minimum absolute atomic E-state index is 0. The molecule has 1 aromatic carbocycles. The van der Waals surface area contributed by atoms with Crippen LogP contribution in [0.3, 0.4) is 0 Å². The molecule has 0 amide bonds. The van der Waals surface area contributed by atoms with Gasteiger partial charge in [-0.25, -0.2) is 0 Å². The van der Waals surface area contributed by atoms with E-state index in [2.05, 4.69) is 5.32 Å². The van der Waals surface area contributed by atoms with Gasteiger partial charge in [-0.15, -0.1) is 12.4 Å². The molecule has 1 aliphatic rings. The number of hydrogen-bond acceptors (Lipinski definition) is 2. The van der Waals surface area contributed by atoms with Crippen LogP contribution in [0.5, 0.6) is 0 Å². The van der Waals surface area contributed by atoms with Gasteiger partial charge in [0.25, 0.3) is 0 Å². The fourth-order valence-corrected chi connectivity index (χ4v) is 2.21. The van der Waals surface area contributed by atoms with E-state index in [-0.39, 0.29) is 12.4 Å². The van der Waals surface area contributed by atoms with Gasteiger partial charge in [0.15, 0.2) is 0 Å². The summed E-state index contributed by atoms with van der Waals surface area (Å²) in [7, 11) is 0. The van der Waals surface area contributed by atoms with Crippen LogP contribution in [-0.4, -0.2) is 23.2 Å². The number of carboxylic acid groups (broad SMARTS) is 1. The highest BCUT2D eigenvalue weighted by Crippen LogP contribution is 2.24. The first kappa shape index (κ1) is 14.7. The molecule has 1 aliphatic heterocycles. The Morgan fingerprint density at radius 1 is 1.39 bits per heavy atom. The van der Waals surface area contributed by atoms with E-state index < -0.39 is 11.5 Å². The molecule has 1 fully saturated rings. The average Bonchev–Trinajstić information content (AvgIpc) is 2.80. The Kier molecular flexibility index (Phi) is 5.38. The molecule has 0 aliphatic carbocycles. The van der Waals surface area contributed by atoms with E-state index in [9.17, 15) is 9.90 Å². The largest absolute Gasteiger partial charge is 0.480 e. The first-order valence-corrected chi connectivity index (χ1v) is 5.93. The topological polar surface area (TPSA) is 49.3 Å². The summed E-state index contributed by atoms with van der Waals surface area (Å²) in [6.45, 7) is 0.797. The van der Waals surface area contributed by atoms with Gasteiger partial charge in [-0.2, -0.15) is 0 Å². The van der Waals surface area contributed by atoms with Gasteiger partial charge in [-0.05, 0) is 31.4 Å². The van der Waals surface area contributed by atoms with Crippen LogP contribution < -0.4 is 5.32 Å². The maximum Gasteiger partial charge on any atom is 0.324 e. The number of carboxylic acids is 1. The van der Waals surface area contributed by atoms with Crippen molar-refractivity contribution < 1.29 is 9.90 Å². The van der Waals surface area contributed by atoms with Crippen molar-refractivity contribution >= 4 is 24.5 Å². The zero-order valence-electron chi connectivity index (χ0n) is 10.1. The van der Waals surface area contributed by atoms with Gasteiger partial charge >= 0.3 is 5.97 Å². The van der Waals surface area contributed by atoms with Gasteiger partial charge < -0.3 is 10.4 Å². The fraction of sp³-hybridized carbons (Fsp3) is 0.357. The van der Waals surface area contributed by atoms with E-state index in [4.69, 9.17) is 0 Å². The molecule has 0 saturated carbocycles. The van der Waals surface area contributed by atoms with Gasteiger partial charge in [-0.3, -0.25) is 4.79 Å². The van der Waals surface area contributed by atoms with Crippen molar-refractivity contribution in [1.82, 2.24) is 5.32 Å². The van der Waals surface area contributed by atoms with Crippen LogP contribution in [0.1, 0.15) is 24.8 Å². The Labute approximate surface area is 113 Å². The van der Waals surface area contributed by atoms with E-state index in [0.29, 0.717) is 12.8 Å². The smallest absolute Gasteiger partial charge is 0.324 e. The van der Waals surface area contributed by atoms with Crippen molar-refractivity contribution in [3.8, 4) is 0 Å². The molecule has 98 valence electrons.